The van der Waals surface area contributed by atoms with Crippen LogP contribution in [0.3, 0.4) is 0 Å². The van der Waals surface area contributed by atoms with Crippen LogP contribution in [0, 0.1) is 0 Å². The van der Waals surface area contributed by atoms with Gasteiger partial charge < -0.3 is 9.80 Å². The predicted octanol–water partition coefficient (Wildman–Crippen LogP) is 19.5. The summed E-state index contributed by atoms with van der Waals surface area (Å²) >= 11 is 0. The van der Waals surface area contributed by atoms with Gasteiger partial charge in [0.05, 0.1) is 16.5 Å². The molecule has 4 atom stereocenters. The van der Waals surface area contributed by atoms with Crippen molar-refractivity contribution in [3.05, 3.63) is 226 Å². The number of hydrogen-bond acceptors (Lipinski definition) is 2. The first-order valence-corrected chi connectivity index (χ1v) is 28.4. The topological polar surface area (TPSA) is 6.48 Å². The minimum atomic E-state index is -0.541. The quantitative estimate of drug-likeness (QED) is 0.164. The lowest BCUT2D eigenvalue weighted by Gasteiger charge is -2.50. The highest BCUT2D eigenvalue weighted by Gasteiger charge is 2.59. The highest BCUT2D eigenvalue weighted by molar-refractivity contribution is 5.91. The zero-order chi connectivity index (χ0) is 51.9. The van der Waals surface area contributed by atoms with Crippen LogP contribution in [0.1, 0.15) is 165 Å². The minimum Gasteiger partial charge on any atom is -0.334 e. The first-order valence-electron chi connectivity index (χ1n) is 28.4. The zero-order valence-corrected chi connectivity index (χ0v) is 46.4. The van der Waals surface area contributed by atoms with E-state index in [1.807, 2.05) is 0 Å². The molecule has 4 unspecified atom stereocenters. The highest BCUT2D eigenvalue weighted by atomic mass is 15.3. The largest absolute Gasteiger partial charge is 0.334 e. The van der Waals surface area contributed by atoms with Crippen molar-refractivity contribution in [2.75, 3.05) is 9.80 Å². The highest BCUT2D eigenvalue weighted by Crippen LogP contribution is 2.64. The first-order chi connectivity index (χ1) is 35.9. The molecular formula is C73H76N2. The molecule has 378 valence electrons. The third-order valence-corrected chi connectivity index (χ3v) is 20.4. The average molecular weight is 981 g/mol. The Morgan fingerprint density at radius 1 is 0.347 bits per heavy atom. The Morgan fingerprint density at radius 2 is 0.680 bits per heavy atom. The van der Waals surface area contributed by atoms with E-state index in [1.165, 1.54) is 152 Å². The molecule has 2 fully saturated rings. The molecule has 2 heterocycles. The van der Waals surface area contributed by atoms with Crippen molar-refractivity contribution in [2.45, 2.75) is 159 Å². The lowest BCUT2D eigenvalue weighted by molar-refractivity contribution is 0.195. The normalized spacial score (nSPS) is 24.2. The molecule has 2 nitrogen and oxygen atoms in total. The summed E-state index contributed by atoms with van der Waals surface area (Å²) in [5, 5.41) is 0. The van der Waals surface area contributed by atoms with E-state index in [0.29, 0.717) is 0 Å². The summed E-state index contributed by atoms with van der Waals surface area (Å²) in [6, 6.07) is 71.6. The van der Waals surface area contributed by atoms with E-state index in [4.69, 9.17) is 0 Å². The Kier molecular flexibility index (Phi) is 10.7. The molecule has 8 aromatic rings. The van der Waals surface area contributed by atoms with Crippen molar-refractivity contribution in [3.8, 4) is 33.4 Å². The molecule has 0 bridgehead atoms. The fraction of sp³-hybridized carbons (Fsp3) is 0.342. The molecule has 5 aliphatic rings. The average Bonchev–Trinajstić information content (AvgIpc) is 3.92. The molecule has 2 saturated carbocycles. The summed E-state index contributed by atoms with van der Waals surface area (Å²) in [6.45, 7) is 24.1. The number of rotatable bonds is 6. The van der Waals surface area contributed by atoms with Crippen LogP contribution in [-0.2, 0) is 27.1 Å². The van der Waals surface area contributed by atoms with E-state index in [0.717, 1.165) is 0 Å². The number of nitrogens with zero attached hydrogens (tertiary/aromatic N) is 2. The fourth-order valence-corrected chi connectivity index (χ4v) is 15.7. The van der Waals surface area contributed by atoms with Crippen molar-refractivity contribution < 1.29 is 0 Å². The number of fused-ring (bicyclic) bond motifs is 9. The molecule has 0 amide bonds. The van der Waals surface area contributed by atoms with Gasteiger partial charge in [0.15, 0.2) is 0 Å². The van der Waals surface area contributed by atoms with Gasteiger partial charge in [-0.05, 0) is 189 Å². The molecule has 75 heavy (non-hydrogen) atoms. The molecule has 0 N–H and O–H groups in total. The molecular weight excluding hydrogens is 905 g/mol. The van der Waals surface area contributed by atoms with Crippen LogP contribution in [0.2, 0.25) is 0 Å². The van der Waals surface area contributed by atoms with Crippen LogP contribution < -0.4 is 9.80 Å². The fourth-order valence-electron chi connectivity index (χ4n) is 15.7. The monoisotopic (exact) mass is 981 g/mol. The van der Waals surface area contributed by atoms with Crippen LogP contribution in [-0.4, -0.2) is 11.1 Å². The summed E-state index contributed by atoms with van der Waals surface area (Å²) in [5.41, 5.74) is 23.8. The van der Waals surface area contributed by atoms with Gasteiger partial charge in [-0.25, -0.2) is 0 Å². The first kappa shape index (κ1) is 48.0. The van der Waals surface area contributed by atoms with Gasteiger partial charge in [-0.3, -0.25) is 0 Å². The van der Waals surface area contributed by atoms with Crippen LogP contribution in [0.25, 0.3) is 33.4 Å². The lowest BCUT2D eigenvalue weighted by atomic mass is 9.61. The Bertz CT molecular complexity index is 3280. The second-order valence-corrected chi connectivity index (χ2v) is 26.4. The third-order valence-electron chi connectivity index (χ3n) is 20.4. The summed E-state index contributed by atoms with van der Waals surface area (Å²) in [6.07, 6.45) is 9.78. The Balaban J connectivity index is 0.953. The van der Waals surface area contributed by atoms with Crippen LogP contribution in [0.5, 0.6) is 0 Å². The maximum atomic E-state index is 2.72. The molecule has 2 heteroatoms. The summed E-state index contributed by atoms with van der Waals surface area (Å²) in [7, 11) is 0. The van der Waals surface area contributed by atoms with Crippen molar-refractivity contribution in [1.82, 2.24) is 0 Å². The number of benzene rings is 8. The van der Waals surface area contributed by atoms with Gasteiger partial charge in [-0.1, -0.05) is 202 Å². The van der Waals surface area contributed by atoms with Gasteiger partial charge in [-0.2, -0.15) is 0 Å². The molecule has 3 aliphatic carbocycles. The van der Waals surface area contributed by atoms with Gasteiger partial charge >= 0.3 is 0 Å². The van der Waals surface area contributed by atoms with Gasteiger partial charge in [0.2, 0.25) is 0 Å². The standard InChI is InChI=1S/C73H76N2/c1-67(2,3)53-29-33-57(34-30-53)74-65-39-27-51(47-63(65)69(7)41-17-19-43-71(69,74)9)49-25-37-59-60-38-26-50(46-62(60)73(61(59)45-49,55-21-13-11-14-22-55)56-23-15-12-16-24-56)52-28-40-66-64(48-52)70(8)42-18-20-44-72(70,10)75(66)58-35-31-54(32-36-58)68(4,5)6/h11-16,21-40,45-48H,17-20,41-44H2,1-10H3. The maximum absolute atomic E-state index is 2.72. The molecule has 0 aromatic heterocycles. The van der Waals surface area contributed by atoms with E-state index in [2.05, 4.69) is 261 Å². The number of anilines is 4. The molecule has 0 saturated heterocycles. The van der Waals surface area contributed by atoms with Crippen LogP contribution in [0.15, 0.2) is 182 Å². The van der Waals surface area contributed by atoms with Crippen molar-refractivity contribution in [2.24, 2.45) is 0 Å². The van der Waals surface area contributed by atoms with E-state index in [-0.39, 0.29) is 32.7 Å². The smallest absolute Gasteiger partial charge is 0.0713 e. The molecule has 8 aromatic carbocycles. The van der Waals surface area contributed by atoms with E-state index >= 15 is 0 Å². The second-order valence-electron chi connectivity index (χ2n) is 26.4. The SMILES string of the molecule is CC(C)(C)c1ccc(N2c3ccc(-c4ccc5c(c4)C(c4ccccc4)(c4ccccc4)c4cc(-c6ccc7c(c6)C6(C)CCCCC6(C)N7c6ccc(C(C)(C)C)cc6)ccc4-5)cc3C3(C)CCCCC23C)cc1. The Hall–Kier alpha value is -6.64. The zero-order valence-electron chi connectivity index (χ0n) is 46.4. The molecule has 0 spiro atoms. The minimum absolute atomic E-state index is 0.0149. The van der Waals surface area contributed by atoms with E-state index in [9.17, 15) is 0 Å². The van der Waals surface area contributed by atoms with Gasteiger partial charge in [0, 0.05) is 33.6 Å². The van der Waals surface area contributed by atoms with Crippen molar-refractivity contribution in [1.29, 1.82) is 0 Å². The lowest BCUT2D eigenvalue weighted by Crippen LogP contribution is -2.54. The second kappa shape index (κ2) is 16.7. The maximum Gasteiger partial charge on any atom is 0.0713 e. The predicted molar refractivity (Wildman–Crippen MR) is 318 cm³/mol. The molecule has 0 radical (unpaired) electrons. The summed E-state index contributed by atoms with van der Waals surface area (Å²) in [5.74, 6) is 0. The summed E-state index contributed by atoms with van der Waals surface area (Å²) < 4.78 is 0. The van der Waals surface area contributed by atoms with Crippen molar-refractivity contribution in [3.63, 3.8) is 0 Å². The van der Waals surface area contributed by atoms with Crippen LogP contribution >= 0.6 is 0 Å². The molecule has 2 aliphatic heterocycles. The third kappa shape index (κ3) is 6.82. The Labute approximate surface area is 448 Å². The van der Waals surface area contributed by atoms with E-state index in [1.54, 1.807) is 0 Å². The molecule has 13 rings (SSSR count). The summed E-state index contributed by atoms with van der Waals surface area (Å²) in [4.78, 5) is 5.45. The van der Waals surface area contributed by atoms with E-state index < -0.39 is 5.41 Å². The van der Waals surface area contributed by atoms with Gasteiger partial charge in [0.25, 0.3) is 0 Å². The van der Waals surface area contributed by atoms with Crippen LogP contribution in [0.4, 0.5) is 22.7 Å². The van der Waals surface area contributed by atoms with Crippen molar-refractivity contribution >= 4 is 22.7 Å². The number of hydrogen-bond donors (Lipinski definition) is 0. The Morgan fingerprint density at radius 3 is 1.04 bits per heavy atom. The van der Waals surface area contributed by atoms with Gasteiger partial charge in [-0.15, -0.1) is 0 Å². The van der Waals surface area contributed by atoms with Gasteiger partial charge in [0.1, 0.15) is 0 Å².